The molecule has 2 N–H and O–H groups in total. The molecule has 0 spiro atoms. The van der Waals surface area contributed by atoms with E-state index in [2.05, 4.69) is 15.9 Å². The van der Waals surface area contributed by atoms with Crippen LogP contribution in [0.25, 0.3) is 10.9 Å². The Morgan fingerprint density at radius 3 is 2.60 bits per heavy atom. The minimum absolute atomic E-state index is 0.0284. The molecule has 0 saturated carbocycles. The molecule has 0 fully saturated rings. The van der Waals surface area contributed by atoms with E-state index in [4.69, 9.17) is 12.2 Å². The van der Waals surface area contributed by atoms with E-state index in [-0.39, 0.29) is 12.5 Å². The largest absolute Gasteiger partial charge is 0.417 e. The van der Waals surface area contributed by atoms with Crippen LogP contribution in [0.1, 0.15) is 34.1 Å². The Balaban J connectivity index is 1.92. The van der Waals surface area contributed by atoms with Crippen LogP contribution >= 0.6 is 0 Å². The lowest BCUT2D eigenvalue weighted by molar-refractivity contribution is -0.137. The molecule has 3 aromatic rings. The Morgan fingerprint density at radius 2 is 2.00 bits per heavy atom. The summed E-state index contributed by atoms with van der Waals surface area (Å²) in [5.74, 6) is 2.55. The number of aryl methyl sites for hydroxylation is 1. The Morgan fingerprint density at radius 1 is 1.27 bits per heavy atom. The fourth-order valence-electron chi connectivity index (χ4n) is 2.93. The maximum Gasteiger partial charge on any atom is 0.417 e. The van der Waals surface area contributed by atoms with Gasteiger partial charge < -0.3 is 10.6 Å². The van der Waals surface area contributed by atoms with Crippen LogP contribution in [0, 0.1) is 19.3 Å². The molecule has 154 valence electrons. The minimum atomic E-state index is -4.48. The number of halogens is 3. The zero-order valence-electron chi connectivity index (χ0n) is 16.4. The van der Waals surface area contributed by atoms with Crippen molar-refractivity contribution in [1.29, 1.82) is 0 Å². The number of benzene rings is 1. The number of pyridine rings is 2. The number of carbonyl (C=O) groups excluding carboxylic acids is 1. The van der Waals surface area contributed by atoms with E-state index in [1.165, 1.54) is 11.0 Å². The highest BCUT2D eigenvalue weighted by molar-refractivity contribution is 5.98. The summed E-state index contributed by atoms with van der Waals surface area (Å²) in [7, 11) is 0. The van der Waals surface area contributed by atoms with E-state index in [9.17, 15) is 18.0 Å². The van der Waals surface area contributed by atoms with Gasteiger partial charge in [0.2, 0.25) is 0 Å². The number of terminal acetylenes is 1. The number of hydrogen-bond donors (Lipinski definition) is 1. The van der Waals surface area contributed by atoms with Crippen LogP contribution in [0.3, 0.4) is 0 Å². The summed E-state index contributed by atoms with van der Waals surface area (Å²) in [6.45, 7) is 3.45. The fraction of sp³-hybridized carbons (Fsp3) is 0.227. The zero-order valence-corrected chi connectivity index (χ0v) is 16.4. The quantitative estimate of drug-likeness (QED) is 0.652. The summed E-state index contributed by atoms with van der Waals surface area (Å²) in [4.78, 5) is 22.7. The monoisotopic (exact) mass is 412 g/mol. The van der Waals surface area contributed by atoms with E-state index in [1.54, 1.807) is 25.1 Å². The summed E-state index contributed by atoms with van der Waals surface area (Å²) in [6.07, 6.45) is 1.78. The molecule has 0 aliphatic heterocycles. The molecule has 0 aliphatic rings. The van der Waals surface area contributed by atoms with Gasteiger partial charge in [-0.05, 0) is 55.8 Å². The van der Waals surface area contributed by atoms with Crippen molar-refractivity contribution in [1.82, 2.24) is 14.9 Å². The molecule has 0 unspecified atom stereocenters. The summed E-state index contributed by atoms with van der Waals surface area (Å²) in [5.41, 5.74) is 7.08. The number of anilines is 1. The molecule has 2 aromatic heterocycles. The van der Waals surface area contributed by atoms with Crippen molar-refractivity contribution < 1.29 is 18.0 Å². The van der Waals surface area contributed by atoms with Gasteiger partial charge in [0.1, 0.15) is 5.82 Å². The molecular weight excluding hydrogens is 393 g/mol. The highest BCUT2D eigenvalue weighted by atomic mass is 19.4. The third-order valence-electron chi connectivity index (χ3n) is 4.75. The van der Waals surface area contributed by atoms with E-state index in [0.717, 1.165) is 23.2 Å². The van der Waals surface area contributed by atoms with Gasteiger partial charge in [-0.15, -0.1) is 6.42 Å². The van der Waals surface area contributed by atoms with Gasteiger partial charge in [0.05, 0.1) is 29.4 Å². The zero-order chi connectivity index (χ0) is 22.1. The number of alkyl halides is 3. The number of fused-ring (bicyclic) bond motifs is 1. The molecule has 0 bridgehead atoms. The van der Waals surface area contributed by atoms with Crippen LogP contribution in [0.4, 0.5) is 19.0 Å². The van der Waals surface area contributed by atoms with Crippen molar-refractivity contribution in [2.45, 2.75) is 32.6 Å². The van der Waals surface area contributed by atoms with Gasteiger partial charge in [-0.3, -0.25) is 9.78 Å². The van der Waals surface area contributed by atoms with Gasteiger partial charge >= 0.3 is 6.18 Å². The second-order valence-electron chi connectivity index (χ2n) is 6.91. The summed E-state index contributed by atoms with van der Waals surface area (Å²) in [6, 6.07) is 8.40. The first-order valence-electron chi connectivity index (χ1n) is 9.06. The van der Waals surface area contributed by atoms with Gasteiger partial charge in [0.15, 0.2) is 0 Å². The SMILES string of the molecule is C#C[C@@H](C)N(Cc1ccc(C(F)(F)F)cn1)C(=O)c1ccc2nc(N)c(C)cc2c1. The molecule has 2 heterocycles. The number of amides is 1. The lowest BCUT2D eigenvalue weighted by Crippen LogP contribution is -2.37. The summed E-state index contributed by atoms with van der Waals surface area (Å²) < 4.78 is 38.3. The second-order valence-corrected chi connectivity index (χ2v) is 6.91. The normalized spacial score (nSPS) is 12.4. The number of nitrogens with zero attached hydrogens (tertiary/aromatic N) is 3. The van der Waals surface area contributed by atoms with E-state index in [1.807, 2.05) is 13.0 Å². The van der Waals surface area contributed by atoms with Crippen molar-refractivity contribution in [2.24, 2.45) is 0 Å². The molecule has 1 aromatic carbocycles. The lowest BCUT2D eigenvalue weighted by atomic mass is 10.1. The van der Waals surface area contributed by atoms with Crippen LogP contribution in [0.5, 0.6) is 0 Å². The Kier molecular flexibility index (Phi) is 5.65. The lowest BCUT2D eigenvalue weighted by Gasteiger charge is -2.26. The van der Waals surface area contributed by atoms with E-state index >= 15 is 0 Å². The molecule has 3 rings (SSSR count). The Labute approximate surface area is 171 Å². The summed E-state index contributed by atoms with van der Waals surface area (Å²) in [5, 5.41) is 0.744. The van der Waals surface area contributed by atoms with Crippen molar-refractivity contribution in [2.75, 3.05) is 5.73 Å². The predicted molar refractivity (Wildman–Crippen MR) is 108 cm³/mol. The topological polar surface area (TPSA) is 72.1 Å². The van der Waals surface area contributed by atoms with Gasteiger partial charge in [0.25, 0.3) is 5.91 Å². The molecule has 8 heteroatoms. The minimum Gasteiger partial charge on any atom is -0.383 e. The average molecular weight is 412 g/mol. The Hall–Kier alpha value is -3.60. The van der Waals surface area contributed by atoms with Crippen LogP contribution in [-0.2, 0) is 12.7 Å². The number of nitrogens with two attached hydrogens (primary N) is 1. The molecule has 5 nitrogen and oxygen atoms in total. The maximum atomic E-state index is 13.1. The van der Waals surface area contributed by atoms with Gasteiger partial charge in [-0.25, -0.2) is 4.98 Å². The first-order chi connectivity index (χ1) is 14.1. The van der Waals surface area contributed by atoms with Crippen LogP contribution < -0.4 is 5.73 Å². The molecule has 0 aliphatic carbocycles. The van der Waals surface area contributed by atoms with Gasteiger partial charge in [0, 0.05) is 17.1 Å². The molecular formula is C22H19F3N4O. The number of aromatic nitrogens is 2. The highest BCUT2D eigenvalue weighted by Gasteiger charge is 2.31. The van der Waals surface area contributed by atoms with Crippen molar-refractivity contribution in [3.8, 4) is 12.3 Å². The number of carbonyl (C=O) groups is 1. The van der Waals surface area contributed by atoms with Crippen LogP contribution in [0.2, 0.25) is 0 Å². The van der Waals surface area contributed by atoms with Crippen molar-refractivity contribution in [3.63, 3.8) is 0 Å². The fourth-order valence-corrected chi connectivity index (χ4v) is 2.93. The highest BCUT2D eigenvalue weighted by Crippen LogP contribution is 2.28. The van der Waals surface area contributed by atoms with E-state index in [0.29, 0.717) is 22.6 Å². The number of rotatable bonds is 4. The molecule has 0 saturated heterocycles. The third kappa shape index (κ3) is 4.35. The molecule has 30 heavy (non-hydrogen) atoms. The smallest absolute Gasteiger partial charge is 0.383 e. The second kappa shape index (κ2) is 8.03. The Bertz CT molecular complexity index is 1130. The van der Waals surface area contributed by atoms with E-state index < -0.39 is 17.8 Å². The molecule has 0 radical (unpaired) electrons. The van der Waals surface area contributed by atoms with Crippen LogP contribution in [0.15, 0.2) is 42.6 Å². The van der Waals surface area contributed by atoms with Crippen LogP contribution in [-0.4, -0.2) is 26.8 Å². The first-order valence-corrected chi connectivity index (χ1v) is 9.06. The summed E-state index contributed by atoms with van der Waals surface area (Å²) >= 11 is 0. The van der Waals surface area contributed by atoms with Crippen molar-refractivity contribution in [3.05, 3.63) is 65.0 Å². The average Bonchev–Trinajstić information content (AvgIpc) is 2.71. The van der Waals surface area contributed by atoms with Crippen molar-refractivity contribution >= 4 is 22.6 Å². The number of hydrogen-bond acceptors (Lipinski definition) is 4. The predicted octanol–water partition coefficient (Wildman–Crippen LogP) is 4.20. The standard InChI is InChI=1S/C22H19F3N4O/c1-4-14(3)29(12-18-7-6-17(11-27-18)22(23,24)25)21(30)15-5-8-19-16(10-15)9-13(2)20(26)28-19/h1,5-11,14H,12H2,2-3H3,(H2,26,28)/t14-/m1/s1. The van der Waals surface area contributed by atoms with Gasteiger partial charge in [-0.2, -0.15) is 13.2 Å². The van der Waals surface area contributed by atoms with Gasteiger partial charge in [-0.1, -0.05) is 5.92 Å². The molecule has 1 amide bonds. The first kappa shape index (κ1) is 21.1. The molecule has 1 atom stereocenters. The maximum absolute atomic E-state index is 13.1. The third-order valence-corrected chi connectivity index (χ3v) is 4.75. The number of nitrogen functional groups attached to an aromatic ring is 1.